The van der Waals surface area contributed by atoms with Crippen LogP contribution in [0.2, 0.25) is 0 Å². The van der Waals surface area contributed by atoms with Gasteiger partial charge in [0.25, 0.3) is 5.56 Å². The average Bonchev–Trinajstić information content (AvgIpc) is 3.18. The predicted molar refractivity (Wildman–Crippen MR) is 111 cm³/mol. The molecule has 2 aliphatic carbocycles. The fraction of sp³-hybridized carbons (Fsp3) is 0.304. The number of hydrazine groups is 1. The summed E-state index contributed by atoms with van der Waals surface area (Å²) in [5.41, 5.74) is 7.71. The third-order valence-corrected chi connectivity index (χ3v) is 6.37. The van der Waals surface area contributed by atoms with E-state index in [1.165, 1.54) is 5.56 Å². The van der Waals surface area contributed by atoms with Gasteiger partial charge in [-0.25, -0.2) is 10.8 Å². The van der Waals surface area contributed by atoms with Crippen molar-refractivity contribution in [3.8, 4) is 11.3 Å². The molecule has 142 valence electrons. The van der Waals surface area contributed by atoms with E-state index in [0.29, 0.717) is 12.5 Å². The molecule has 0 radical (unpaired) electrons. The van der Waals surface area contributed by atoms with E-state index in [1.807, 2.05) is 36.4 Å². The number of benzene rings is 2. The fourth-order valence-electron chi connectivity index (χ4n) is 5.09. The molecule has 1 saturated carbocycles. The summed E-state index contributed by atoms with van der Waals surface area (Å²) in [6.07, 6.45) is 5.35. The number of nitrogens with two attached hydrogens (primary N) is 1. The molecule has 0 aliphatic heterocycles. The molecule has 5 heteroatoms. The second-order valence-corrected chi connectivity index (χ2v) is 8.00. The standard InChI is InChI=1S/C23H24N4O/c24-26-22-25-20-18-11-5-4-10-17(18)14-23(12-6-7-13-23)19(20)21(28)27(22)15-16-8-2-1-3-9-16/h1-5,8-11H,6-7,12-15,24H2,(H,25,26). The molecule has 0 bridgehead atoms. The Morgan fingerprint density at radius 2 is 1.75 bits per heavy atom. The van der Waals surface area contributed by atoms with Crippen LogP contribution in [0.3, 0.4) is 0 Å². The van der Waals surface area contributed by atoms with Crippen molar-refractivity contribution >= 4 is 5.95 Å². The lowest BCUT2D eigenvalue weighted by Crippen LogP contribution is -2.41. The van der Waals surface area contributed by atoms with Crippen molar-refractivity contribution in [1.29, 1.82) is 0 Å². The van der Waals surface area contributed by atoms with Gasteiger partial charge in [-0.05, 0) is 30.4 Å². The summed E-state index contributed by atoms with van der Waals surface area (Å²) >= 11 is 0. The van der Waals surface area contributed by atoms with Gasteiger partial charge in [0.1, 0.15) is 0 Å². The van der Waals surface area contributed by atoms with Gasteiger partial charge >= 0.3 is 0 Å². The highest BCUT2D eigenvalue weighted by atomic mass is 16.1. The SMILES string of the molecule is NNc1nc2c(c(=O)n1Cc1ccccc1)C1(CCCC1)Cc1ccccc1-2. The Balaban J connectivity index is 1.76. The van der Waals surface area contributed by atoms with Crippen molar-refractivity contribution in [2.24, 2.45) is 5.84 Å². The number of aromatic nitrogens is 2. The number of nitrogens with one attached hydrogen (secondary N) is 1. The Morgan fingerprint density at radius 3 is 2.50 bits per heavy atom. The lowest BCUT2D eigenvalue weighted by molar-refractivity contribution is 0.422. The van der Waals surface area contributed by atoms with Crippen molar-refractivity contribution in [1.82, 2.24) is 9.55 Å². The largest absolute Gasteiger partial charge is 0.294 e. The first-order chi connectivity index (χ1) is 13.7. The first-order valence-corrected chi connectivity index (χ1v) is 9.96. The highest BCUT2D eigenvalue weighted by Crippen LogP contribution is 2.49. The van der Waals surface area contributed by atoms with Crippen molar-refractivity contribution < 1.29 is 0 Å². The fourth-order valence-corrected chi connectivity index (χ4v) is 5.09. The van der Waals surface area contributed by atoms with Crippen molar-refractivity contribution in [3.63, 3.8) is 0 Å². The Bertz CT molecular complexity index is 1080. The van der Waals surface area contributed by atoms with E-state index in [1.54, 1.807) is 4.57 Å². The minimum Gasteiger partial charge on any atom is -0.294 e. The van der Waals surface area contributed by atoms with E-state index in [0.717, 1.165) is 54.5 Å². The molecule has 2 aromatic carbocycles. The molecule has 1 fully saturated rings. The third-order valence-electron chi connectivity index (χ3n) is 6.37. The Labute approximate surface area is 164 Å². The van der Waals surface area contributed by atoms with Crippen LogP contribution >= 0.6 is 0 Å². The molecule has 3 N–H and O–H groups in total. The monoisotopic (exact) mass is 372 g/mol. The number of fused-ring (bicyclic) bond motifs is 4. The van der Waals surface area contributed by atoms with Crippen LogP contribution in [0.5, 0.6) is 0 Å². The molecule has 0 saturated heterocycles. The van der Waals surface area contributed by atoms with E-state index in [2.05, 4.69) is 23.6 Å². The molecule has 2 aliphatic rings. The number of anilines is 1. The second-order valence-electron chi connectivity index (χ2n) is 8.00. The van der Waals surface area contributed by atoms with Gasteiger partial charge in [-0.3, -0.25) is 14.8 Å². The van der Waals surface area contributed by atoms with Gasteiger partial charge < -0.3 is 0 Å². The highest BCUT2D eigenvalue weighted by Gasteiger charge is 2.44. The molecule has 5 rings (SSSR count). The molecule has 1 heterocycles. The van der Waals surface area contributed by atoms with Crippen LogP contribution in [0.4, 0.5) is 5.95 Å². The van der Waals surface area contributed by atoms with Crippen LogP contribution in [0.15, 0.2) is 59.4 Å². The van der Waals surface area contributed by atoms with Crippen LogP contribution in [-0.2, 0) is 18.4 Å². The number of nitrogen functional groups attached to an aromatic ring is 1. The minimum absolute atomic E-state index is 0.0400. The summed E-state index contributed by atoms with van der Waals surface area (Å²) in [5.74, 6) is 6.21. The third kappa shape index (κ3) is 2.58. The van der Waals surface area contributed by atoms with Crippen LogP contribution in [0.25, 0.3) is 11.3 Å². The molecule has 0 unspecified atom stereocenters. The normalized spacial score (nSPS) is 16.6. The quantitative estimate of drug-likeness (QED) is 0.544. The Hall–Kier alpha value is -2.92. The second kappa shape index (κ2) is 6.60. The summed E-state index contributed by atoms with van der Waals surface area (Å²) in [4.78, 5) is 18.7. The smallest absolute Gasteiger partial charge is 0.259 e. The van der Waals surface area contributed by atoms with Gasteiger partial charge in [-0.15, -0.1) is 0 Å². The van der Waals surface area contributed by atoms with Crippen molar-refractivity contribution in [2.45, 2.75) is 44.1 Å². The lowest BCUT2D eigenvalue weighted by atomic mass is 9.68. The van der Waals surface area contributed by atoms with E-state index in [-0.39, 0.29) is 11.0 Å². The predicted octanol–water partition coefficient (Wildman–Crippen LogP) is 3.61. The maximum absolute atomic E-state index is 13.8. The Morgan fingerprint density at radius 1 is 1.04 bits per heavy atom. The van der Waals surface area contributed by atoms with E-state index >= 15 is 0 Å². The molecule has 0 atom stereocenters. The zero-order valence-electron chi connectivity index (χ0n) is 15.8. The van der Waals surface area contributed by atoms with Crippen molar-refractivity contribution in [3.05, 3.63) is 81.6 Å². The molecule has 5 nitrogen and oxygen atoms in total. The Kier molecular flexibility index (Phi) is 4.05. The van der Waals surface area contributed by atoms with E-state index in [4.69, 9.17) is 10.8 Å². The number of hydrogen-bond donors (Lipinski definition) is 2. The molecule has 0 amide bonds. The zero-order valence-corrected chi connectivity index (χ0v) is 15.8. The van der Waals surface area contributed by atoms with Crippen LogP contribution in [0.1, 0.15) is 42.4 Å². The minimum atomic E-state index is -0.0979. The summed E-state index contributed by atoms with van der Waals surface area (Å²) in [6.45, 7) is 0.456. The van der Waals surface area contributed by atoms with Gasteiger partial charge in [0, 0.05) is 11.0 Å². The van der Waals surface area contributed by atoms with Gasteiger partial charge in [0.05, 0.1) is 17.8 Å². The number of hydrogen-bond acceptors (Lipinski definition) is 4. The first kappa shape index (κ1) is 17.2. The van der Waals surface area contributed by atoms with Gasteiger partial charge in [0.2, 0.25) is 5.95 Å². The average molecular weight is 372 g/mol. The van der Waals surface area contributed by atoms with Crippen LogP contribution in [0, 0.1) is 0 Å². The number of nitrogens with zero attached hydrogens (tertiary/aromatic N) is 2. The molecule has 1 aromatic heterocycles. The van der Waals surface area contributed by atoms with Crippen LogP contribution < -0.4 is 16.8 Å². The molecular weight excluding hydrogens is 348 g/mol. The molecule has 1 spiro atoms. The first-order valence-electron chi connectivity index (χ1n) is 9.96. The molecule has 3 aromatic rings. The lowest BCUT2D eigenvalue weighted by Gasteiger charge is -2.36. The molecule has 28 heavy (non-hydrogen) atoms. The molecular formula is C23H24N4O. The van der Waals surface area contributed by atoms with Gasteiger partial charge in [-0.2, -0.15) is 0 Å². The highest BCUT2D eigenvalue weighted by molar-refractivity contribution is 5.72. The topological polar surface area (TPSA) is 72.9 Å². The van der Waals surface area contributed by atoms with Crippen LogP contribution in [-0.4, -0.2) is 9.55 Å². The summed E-state index contributed by atoms with van der Waals surface area (Å²) in [5, 5.41) is 0. The zero-order chi connectivity index (χ0) is 19.1. The summed E-state index contributed by atoms with van der Waals surface area (Å²) in [6, 6.07) is 18.3. The van der Waals surface area contributed by atoms with E-state index in [9.17, 15) is 4.79 Å². The number of rotatable bonds is 3. The summed E-state index contributed by atoms with van der Waals surface area (Å²) < 4.78 is 1.70. The van der Waals surface area contributed by atoms with Crippen molar-refractivity contribution in [2.75, 3.05) is 5.43 Å². The van der Waals surface area contributed by atoms with Gasteiger partial charge in [0.15, 0.2) is 0 Å². The summed E-state index contributed by atoms with van der Waals surface area (Å²) in [7, 11) is 0. The maximum atomic E-state index is 13.8. The van der Waals surface area contributed by atoms with E-state index < -0.39 is 0 Å². The van der Waals surface area contributed by atoms with Gasteiger partial charge in [-0.1, -0.05) is 67.4 Å². The maximum Gasteiger partial charge on any atom is 0.259 e.